The lowest BCUT2D eigenvalue weighted by Crippen LogP contribution is -2.36. The maximum atomic E-state index is 12.0. The maximum absolute atomic E-state index is 12.0. The number of para-hydroxylation sites is 1. The van der Waals surface area contributed by atoms with Crippen LogP contribution in [0.1, 0.15) is 28.8 Å². The van der Waals surface area contributed by atoms with Crippen molar-refractivity contribution in [2.45, 2.75) is 19.8 Å². The highest BCUT2D eigenvalue weighted by atomic mass is 16.3. The Hall–Kier alpha value is -1.55. The molecule has 1 amide bonds. The molecule has 0 aliphatic carbocycles. The fourth-order valence-corrected chi connectivity index (χ4v) is 2.44. The second kappa shape index (κ2) is 6.06. The summed E-state index contributed by atoms with van der Waals surface area (Å²) in [6, 6.07) is 5.24. The van der Waals surface area contributed by atoms with Gasteiger partial charge in [0.2, 0.25) is 0 Å². The summed E-state index contributed by atoms with van der Waals surface area (Å²) in [5.41, 5.74) is 1.10. The van der Waals surface area contributed by atoms with Crippen LogP contribution in [0.5, 0.6) is 5.75 Å². The molecular weight excluding hydrogens is 240 g/mol. The zero-order chi connectivity index (χ0) is 13.8. The molecule has 0 aromatic heterocycles. The van der Waals surface area contributed by atoms with Gasteiger partial charge in [-0.25, -0.2) is 0 Å². The Morgan fingerprint density at radius 3 is 2.79 bits per heavy atom. The number of hydrogen-bond donors (Lipinski definition) is 2. The van der Waals surface area contributed by atoms with E-state index in [-0.39, 0.29) is 11.7 Å². The average Bonchev–Trinajstić information content (AvgIpc) is 2.41. The van der Waals surface area contributed by atoms with Gasteiger partial charge in [-0.05, 0) is 57.5 Å². The molecular formula is C15H22N2O2. The Morgan fingerprint density at radius 1 is 1.42 bits per heavy atom. The normalized spacial score (nSPS) is 17.4. The summed E-state index contributed by atoms with van der Waals surface area (Å²) >= 11 is 0. The quantitative estimate of drug-likeness (QED) is 0.873. The minimum absolute atomic E-state index is 0.0865. The zero-order valence-electron chi connectivity index (χ0n) is 11.6. The highest BCUT2D eigenvalue weighted by molar-refractivity contribution is 5.97. The lowest BCUT2D eigenvalue weighted by atomic mass is 9.97. The van der Waals surface area contributed by atoms with E-state index in [1.165, 1.54) is 0 Å². The number of phenolic OH excluding ortho intramolecular Hbond substituents is 1. The Kier molecular flexibility index (Phi) is 4.43. The van der Waals surface area contributed by atoms with E-state index in [0.717, 1.165) is 31.5 Å². The summed E-state index contributed by atoms with van der Waals surface area (Å²) in [6.45, 7) is 4.68. The number of phenols is 1. The molecule has 2 N–H and O–H groups in total. The first-order valence-corrected chi connectivity index (χ1v) is 6.83. The van der Waals surface area contributed by atoms with Crippen LogP contribution >= 0.6 is 0 Å². The third kappa shape index (κ3) is 3.47. The molecule has 0 bridgehead atoms. The molecule has 104 valence electrons. The smallest absolute Gasteiger partial charge is 0.255 e. The van der Waals surface area contributed by atoms with Crippen LogP contribution in [0.3, 0.4) is 0 Å². The van der Waals surface area contributed by atoms with Crippen molar-refractivity contribution in [1.82, 2.24) is 10.2 Å². The number of amides is 1. The second-order valence-corrected chi connectivity index (χ2v) is 5.43. The molecule has 0 unspecified atom stereocenters. The Morgan fingerprint density at radius 2 is 2.11 bits per heavy atom. The first-order valence-electron chi connectivity index (χ1n) is 6.83. The summed E-state index contributed by atoms with van der Waals surface area (Å²) in [5.74, 6) is 0.454. The van der Waals surface area contributed by atoms with Crippen LogP contribution in [-0.2, 0) is 0 Å². The first-order chi connectivity index (χ1) is 9.08. The predicted molar refractivity (Wildman–Crippen MR) is 75.4 cm³/mol. The number of nitrogens with zero attached hydrogens (tertiary/aromatic N) is 1. The number of carbonyl (C=O) groups excluding carboxylic acids is 1. The predicted octanol–water partition coefficient (Wildman–Crippen LogP) is 1.77. The molecule has 1 heterocycles. The van der Waals surface area contributed by atoms with Crippen LogP contribution in [0.4, 0.5) is 0 Å². The second-order valence-electron chi connectivity index (χ2n) is 5.43. The number of rotatable bonds is 3. The van der Waals surface area contributed by atoms with Gasteiger partial charge >= 0.3 is 0 Å². The van der Waals surface area contributed by atoms with Crippen LogP contribution < -0.4 is 5.32 Å². The highest BCUT2D eigenvalue weighted by Crippen LogP contribution is 2.21. The van der Waals surface area contributed by atoms with E-state index >= 15 is 0 Å². The molecule has 2 rings (SSSR count). The molecule has 1 aromatic rings. The van der Waals surface area contributed by atoms with E-state index in [0.29, 0.717) is 18.0 Å². The van der Waals surface area contributed by atoms with Crippen LogP contribution in [0, 0.1) is 12.8 Å². The third-order valence-corrected chi connectivity index (χ3v) is 3.87. The third-order valence-electron chi connectivity index (χ3n) is 3.87. The van der Waals surface area contributed by atoms with Gasteiger partial charge in [-0.1, -0.05) is 12.1 Å². The topological polar surface area (TPSA) is 52.6 Å². The molecule has 19 heavy (non-hydrogen) atoms. The van der Waals surface area contributed by atoms with E-state index in [9.17, 15) is 9.90 Å². The van der Waals surface area contributed by atoms with Crippen molar-refractivity contribution >= 4 is 5.91 Å². The average molecular weight is 262 g/mol. The van der Waals surface area contributed by atoms with Gasteiger partial charge in [-0.15, -0.1) is 0 Å². The van der Waals surface area contributed by atoms with Crippen molar-refractivity contribution in [3.63, 3.8) is 0 Å². The Labute approximate surface area is 114 Å². The molecule has 0 atom stereocenters. The van der Waals surface area contributed by atoms with Crippen molar-refractivity contribution in [2.24, 2.45) is 5.92 Å². The summed E-state index contributed by atoms with van der Waals surface area (Å²) < 4.78 is 0. The Balaban J connectivity index is 1.89. The number of nitrogens with one attached hydrogen (secondary N) is 1. The van der Waals surface area contributed by atoms with Gasteiger partial charge in [0.25, 0.3) is 5.91 Å². The van der Waals surface area contributed by atoms with E-state index < -0.39 is 0 Å². The van der Waals surface area contributed by atoms with Gasteiger partial charge in [0, 0.05) is 6.54 Å². The van der Waals surface area contributed by atoms with Crippen LogP contribution in [0.25, 0.3) is 0 Å². The number of likely N-dealkylation sites (tertiary alicyclic amines) is 1. The van der Waals surface area contributed by atoms with Gasteiger partial charge < -0.3 is 15.3 Å². The lowest BCUT2D eigenvalue weighted by Gasteiger charge is -2.28. The Bertz CT molecular complexity index is 451. The number of aromatic hydroxyl groups is 1. The van der Waals surface area contributed by atoms with Crippen LogP contribution in [0.15, 0.2) is 18.2 Å². The highest BCUT2D eigenvalue weighted by Gasteiger charge is 2.18. The van der Waals surface area contributed by atoms with E-state index in [4.69, 9.17) is 0 Å². The number of piperidine rings is 1. The standard InChI is InChI=1S/C15H22N2O2/c1-11-4-3-5-13(14(11)18)15(19)16-10-12-6-8-17(2)9-7-12/h3-5,12,18H,6-10H2,1-2H3,(H,16,19). The van der Waals surface area contributed by atoms with Crippen molar-refractivity contribution in [3.05, 3.63) is 29.3 Å². The van der Waals surface area contributed by atoms with Gasteiger partial charge in [0.15, 0.2) is 0 Å². The number of carbonyl (C=O) groups is 1. The minimum atomic E-state index is -0.180. The lowest BCUT2D eigenvalue weighted by molar-refractivity contribution is 0.0936. The van der Waals surface area contributed by atoms with Crippen molar-refractivity contribution < 1.29 is 9.90 Å². The summed E-state index contributed by atoms with van der Waals surface area (Å²) in [4.78, 5) is 14.4. The van der Waals surface area contributed by atoms with Crippen LogP contribution in [0.2, 0.25) is 0 Å². The zero-order valence-corrected chi connectivity index (χ0v) is 11.6. The fraction of sp³-hybridized carbons (Fsp3) is 0.533. The molecule has 1 saturated heterocycles. The van der Waals surface area contributed by atoms with E-state index in [2.05, 4.69) is 17.3 Å². The number of benzene rings is 1. The molecule has 1 aliphatic rings. The summed E-state index contributed by atoms with van der Waals surface area (Å²) in [6.07, 6.45) is 2.24. The van der Waals surface area contributed by atoms with Gasteiger partial charge in [0.1, 0.15) is 5.75 Å². The summed E-state index contributed by atoms with van der Waals surface area (Å²) in [5, 5.41) is 12.8. The van der Waals surface area contributed by atoms with Gasteiger partial charge in [-0.2, -0.15) is 0 Å². The van der Waals surface area contributed by atoms with Gasteiger partial charge in [0.05, 0.1) is 5.56 Å². The molecule has 0 radical (unpaired) electrons. The van der Waals surface area contributed by atoms with E-state index in [1.807, 2.05) is 0 Å². The van der Waals surface area contributed by atoms with Crippen molar-refractivity contribution in [3.8, 4) is 5.75 Å². The van der Waals surface area contributed by atoms with Crippen LogP contribution in [-0.4, -0.2) is 42.6 Å². The van der Waals surface area contributed by atoms with Crippen molar-refractivity contribution in [2.75, 3.05) is 26.7 Å². The molecule has 1 aromatic carbocycles. The SMILES string of the molecule is Cc1cccc(C(=O)NCC2CCN(C)CC2)c1O. The first kappa shape index (κ1) is 13.9. The molecule has 0 saturated carbocycles. The summed E-state index contributed by atoms with van der Waals surface area (Å²) in [7, 11) is 2.12. The molecule has 1 aliphatic heterocycles. The fourth-order valence-electron chi connectivity index (χ4n) is 2.44. The largest absolute Gasteiger partial charge is 0.507 e. The minimum Gasteiger partial charge on any atom is -0.507 e. The number of aryl methyl sites for hydroxylation is 1. The van der Waals surface area contributed by atoms with Crippen molar-refractivity contribution in [1.29, 1.82) is 0 Å². The molecule has 4 heteroatoms. The molecule has 4 nitrogen and oxygen atoms in total. The monoisotopic (exact) mass is 262 g/mol. The van der Waals surface area contributed by atoms with E-state index in [1.54, 1.807) is 25.1 Å². The van der Waals surface area contributed by atoms with Gasteiger partial charge in [-0.3, -0.25) is 4.79 Å². The number of hydrogen-bond acceptors (Lipinski definition) is 3. The molecule has 1 fully saturated rings. The maximum Gasteiger partial charge on any atom is 0.255 e. The molecule has 0 spiro atoms.